The summed E-state index contributed by atoms with van der Waals surface area (Å²) in [4.78, 5) is 25.4. The van der Waals surface area contributed by atoms with Crippen LogP contribution in [0.25, 0.3) is 0 Å². The third kappa shape index (κ3) is 4.90. The molecule has 18 heavy (non-hydrogen) atoms. The van der Waals surface area contributed by atoms with E-state index in [1.165, 1.54) is 12.1 Å². The average Bonchev–Trinajstić information content (AvgIpc) is 2.33. The lowest BCUT2D eigenvalue weighted by molar-refractivity contribution is -0.137. The molecule has 0 aliphatic carbocycles. The summed E-state index contributed by atoms with van der Waals surface area (Å²) in [5, 5.41) is 11.1. The fraction of sp³-hybridized carbons (Fsp3) is 0.417. The van der Waals surface area contributed by atoms with E-state index >= 15 is 0 Å². The molecule has 1 amide bonds. The molecular formula is C12H15FN2O3. The summed E-state index contributed by atoms with van der Waals surface area (Å²) in [5.74, 6) is -1.99. The number of hydrogen-bond acceptors (Lipinski definition) is 3. The van der Waals surface area contributed by atoms with E-state index in [4.69, 9.17) is 5.11 Å². The number of hydrogen-bond donors (Lipinski definition) is 2. The molecule has 0 spiro atoms. The largest absolute Gasteiger partial charge is 0.481 e. The molecule has 0 saturated heterocycles. The third-order valence-corrected chi connectivity index (χ3v) is 2.41. The van der Waals surface area contributed by atoms with Crippen molar-refractivity contribution in [1.29, 1.82) is 0 Å². The molecule has 0 saturated carbocycles. The van der Waals surface area contributed by atoms with Crippen LogP contribution in [-0.4, -0.2) is 28.5 Å². The van der Waals surface area contributed by atoms with E-state index in [1.807, 2.05) is 6.92 Å². The van der Waals surface area contributed by atoms with Crippen LogP contribution >= 0.6 is 0 Å². The van der Waals surface area contributed by atoms with Crippen molar-refractivity contribution in [2.45, 2.75) is 19.8 Å². The van der Waals surface area contributed by atoms with Gasteiger partial charge in [-0.2, -0.15) is 4.39 Å². The molecule has 0 aliphatic heterocycles. The maximum atomic E-state index is 12.8. The fourth-order valence-corrected chi connectivity index (χ4v) is 1.36. The van der Waals surface area contributed by atoms with Gasteiger partial charge in [-0.25, -0.2) is 4.98 Å². The Morgan fingerprint density at radius 2 is 2.22 bits per heavy atom. The van der Waals surface area contributed by atoms with E-state index < -0.39 is 17.8 Å². The molecule has 1 aromatic rings. The SMILES string of the molecule is CC(CCC(=O)O)CNC(=O)c1cccc(F)n1. The van der Waals surface area contributed by atoms with E-state index in [0.717, 1.165) is 6.07 Å². The van der Waals surface area contributed by atoms with Crippen molar-refractivity contribution in [3.63, 3.8) is 0 Å². The number of nitrogens with zero attached hydrogens (tertiary/aromatic N) is 1. The Hall–Kier alpha value is -1.98. The van der Waals surface area contributed by atoms with Crippen LogP contribution in [0.3, 0.4) is 0 Å². The van der Waals surface area contributed by atoms with Crippen LogP contribution in [0.2, 0.25) is 0 Å². The Bertz CT molecular complexity index is 437. The summed E-state index contributed by atoms with van der Waals surface area (Å²) in [6, 6.07) is 3.98. The Kier molecular flexibility index (Phi) is 5.23. The lowest BCUT2D eigenvalue weighted by atomic mass is 10.1. The summed E-state index contributed by atoms with van der Waals surface area (Å²) >= 11 is 0. The predicted octanol–water partition coefficient (Wildman–Crippen LogP) is 1.45. The van der Waals surface area contributed by atoms with Gasteiger partial charge in [0.25, 0.3) is 5.91 Å². The highest BCUT2D eigenvalue weighted by Gasteiger charge is 2.10. The number of carboxylic acid groups (broad SMARTS) is 1. The van der Waals surface area contributed by atoms with Gasteiger partial charge in [0.2, 0.25) is 5.95 Å². The number of carboxylic acids is 1. The lowest BCUT2D eigenvalue weighted by Gasteiger charge is -2.11. The van der Waals surface area contributed by atoms with Crippen molar-refractivity contribution in [3.05, 3.63) is 29.8 Å². The Morgan fingerprint density at radius 3 is 2.83 bits per heavy atom. The van der Waals surface area contributed by atoms with Crippen molar-refractivity contribution in [2.75, 3.05) is 6.54 Å². The van der Waals surface area contributed by atoms with Crippen molar-refractivity contribution in [2.24, 2.45) is 5.92 Å². The van der Waals surface area contributed by atoms with E-state index in [0.29, 0.717) is 13.0 Å². The van der Waals surface area contributed by atoms with Crippen molar-refractivity contribution < 1.29 is 19.1 Å². The van der Waals surface area contributed by atoms with Gasteiger partial charge in [0.1, 0.15) is 5.69 Å². The first-order chi connectivity index (χ1) is 8.49. The number of carbonyl (C=O) groups is 2. The van der Waals surface area contributed by atoms with Gasteiger partial charge >= 0.3 is 5.97 Å². The van der Waals surface area contributed by atoms with Crippen LogP contribution in [0, 0.1) is 11.9 Å². The summed E-state index contributed by atoms with van der Waals surface area (Å²) < 4.78 is 12.8. The first kappa shape index (κ1) is 14.1. The Balaban J connectivity index is 2.39. The van der Waals surface area contributed by atoms with Gasteiger partial charge in [-0.05, 0) is 24.5 Å². The number of nitrogens with one attached hydrogen (secondary N) is 1. The van der Waals surface area contributed by atoms with Crippen molar-refractivity contribution in [1.82, 2.24) is 10.3 Å². The van der Waals surface area contributed by atoms with Gasteiger partial charge in [0.15, 0.2) is 0 Å². The third-order valence-electron chi connectivity index (χ3n) is 2.41. The quantitative estimate of drug-likeness (QED) is 0.753. The second-order valence-corrected chi connectivity index (χ2v) is 4.09. The van der Waals surface area contributed by atoms with Crippen LogP contribution in [0.5, 0.6) is 0 Å². The van der Waals surface area contributed by atoms with Gasteiger partial charge in [0.05, 0.1) is 0 Å². The second-order valence-electron chi connectivity index (χ2n) is 4.09. The lowest BCUT2D eigenvalue weighted by Crippen LogP contribution is -2.29. The second kappa shape index (κ2) is 6.68. The maximum Gasteiger partial charge on any atom is 0.303 e. The molecule has 0 fully saturated rings. The minimum Gasteiger partial charge on any atom is -0.481 e. The van der Waals surface area contributed by atoms with Crippen molar-refractivity contribution >= 4 is 11.9 Å². The van der Waals surface area contributed by atoms with Crippen LogP contribution in [-0.2, 0) is 4.79 Å². The number of rotatable bonds is 6. The fourth-order valence-electron chi connectivity index (χ4n) is 1.36. The average molecular weight is 254 g/mol. The van der Waals surface area contributed by atoms with Gasteiger partial charge in [-0.3, -0.25) is 9.59 Å². The Morgan fingerprint density at radius 1 is 1.50 bits per heavy atom. The van der Waals surface area contributed by atoms with E-state index in [1.54, 1.807) is 0 Å². The molecule has 0 bridgehead atoms. The minimum atomic E-state index is -0.861. The highest BCUT2D eigenvalue weighted by molar-refractivity contribution is 5.92. The predicted molar refractivity (Wildman–Crippen MR) is 62.6 cm³/mol. The molecule has 0 aromatic carbocycles. The standard InChI is InChI=1S/C12H15FN2O3/c1-8(5-6-11(16)17)7-14-12(18)9-3-2-4-10(13)15-9/h2-4,8H,5-7H2,1H3,(H,14,18)(H,16,17). The zero-order valence-electron chi connectivity index (χ0n) is 10.0. The topological polar surface area (TPSA) is 79.3 Å². The molecule has 0 aliphatic rings. The normalized spacial score (nSPS) is 11.9. The van der Waals surface area contributed by atoms with Crippen molar-refractivity contribution in [3.8, 4) is 0 Å². The zero-order chi connectivity index (χ0) is 13.5. The number of pyridine rings is 1. The Labute approximate surface area is 104 Å². The monoisotopic (exact) mass is 254 g/mol. The van der Waals surface area contributed by atoms with Crippen LogP contribution < -0.4 is 5.32 Å². The minimum absolute atomic E-state index is 0.0143. The summed E-state index contributed by atoms with van der Waals surface area (Å²) in [7, 11) is 0. The smallest absolute Gasteiger partial charge is 0.303 e. The van der Waals surface area contributed by atoms with E-state index in [9.17, 15) is 14.0 Å². The molecule has 2 N–H and O–H groups in total. The molecule has 5 nitrogen and oxygen atoms in total. The molecule has 6 heteroatoms. The van der Waals surface area contributed by atoms with Gasteiger partial charge in [-0.1, -0.05) is 13.0 Å². The summed E-state index contributed by atoms with van der Waals surface area (Å²) in [6.45, 7) is 2.17. The summed E-state index contributed by atoms with van der Waals surface area (Å²) in [6.07, 6.45) is 0.543. The molecule has 1 atom stereocenters. The number of amides is 1. The first-order valence-corrected chi connectivity index (χ1v) is 5.61. The van der Waals surface area contributed by atoms with Crippen LogP contribution in [0.4, 0.5) is 4.39 Å². The first-order valence-electron chi connectivity index (χ1n) is 5.61. The molecule has 1 unspecified atom stereocenters. The number of aromatic nitrogens is 1. The molecule has 1 heterocycles. The van der Waals surface area contributed by atoms with E-state index in [2.05, 4.69) is 10.3 Å². The van der Waals surface area contributed by atoms with Gasteiger partial charge in [-0.15, -0.1) is 0 Å². The maximum absolute atomic E-state index is 12.8. The summed E-state index contributed by atoms with van der Waals surface area (Å²) in [5.41, 5.74) is 0.0143. The highest BCUT2D eigenvalue weighted by Crippen LogP contribution is 2.04. The number of halogens is 1. The molecular weight excluding hydrogens is 239 g/mol. The number of aliphatic carboxylic acids is 1. The van der Waals surface area contributed by atoms with Gasteiger partial charge < -0.3 is 10.4 Å². The highest BCUT2D eigenvalue weighted by atomic mass is 19.1. The molecule has 1 aromatic heterocycles. The van der Waals surface area contributed by atoms with Gasteiger partial charge in [0, 0.05) is 13.0 Å². The number of carbonyl (C=O) groups excluding carboxylic acids is 1. The van der Waals surface area contributed by atoms with E-state index in [-0.39, 0.29) is 18.0 Å². The van der Waals surface area contributed by atoms with Crippen LogP contribution in [0.1, 0.15) is 30.3 Å². The molecule has 1 rings (SSSR count). The molecule has 0 radical (unpaired) electrons. The molecule has 98 valence electrons. The zero-order valence-corrected chi connectivity index (χ0v) is 10.0. The van der Waals surface area contributed by atoms with Crippen LogP contribution in [0.15, 0.2) is 18.2 Å².